The smallest absolute Gasteiger partial charge is 0.261 e. The summed E-state index contributed by atoms with van der Waals surface area (Å²) in [5.74, 6) is 0. The lowest BCUT2D eigenvalue weighted by Gasteiger charge is -2.29. The summed E-state index contributed by atoms with van der Waals surface area (Å²) in [4.78, 5) is 2.21. The van der Waals surface area contributed by atoms with Crippen molar-refractivity contribution < 1.29 is 22.2 Å². The fourth-order valence-corrected chi connectivity index (χ4v) is 5.01. The van der Waals surface area contributed by atoms with Crippen LogP contribution < -0.4 is 14.9 Å². The van der Waals surface area contributed by atoms with Gasteiger partial charge in [-0.1, -0.05) is 12.1 Å². The van der Waals surface area contributed by atoms with Crippen LogP contribution in [0.4, 0.5) is 11.4 Å². The number of quaternary nitrogens is 1. The number of benzene rings is 2. The van der Waals surface area contributed by atoms with Gasteiger partial charge in [0.25, 0.3) is 10.0 Å². The Labute approximate surface area is 166 Å². The Morgan fingerprint density at radius 3 is 2.07 bits per heavy atom. The molecule has 1 fully saturated rings. The number of nitrogens with two attached hydrogens (primary N) is 1. The highest BCUT2D eigenvalue weighted by Gasteiger charge is 2.22. The van der Waals surface area contributed by atoms with Crippen molar-refractivity contribution in [2.45, 2.75) is 9.79 Å². The van der Waals surface area contributed by atoms with Crippen molar-refractivity contribution in [2.24, 2.45) is 0 Å². The number of nitrogens with zero attached hydrogens (tertiary/aromatic N) is 2. The number of piperazine rings is 1. The quantitative estimate of drug-likeness (QED) is 0.684. The van der Waals surface area contributed by atoms with Crippen LogP contribution in [0.15, 0.2) is 58.3 Å². The molecule has 2 aromatic carbocycles. The zero-order chi connectivity index (χ0) is 20.4. The monoisotopic (exact) mass is 425 g/mol. The lowest BCUT2D eigenvalue weighted by molar-refractivity contribution is -0.655. The average molecular weight is 426 g/mol. The first kappa shape index (κ1) is 20.6. The molecule has 0 spiro atoms. The molecule has 0 unspecified atom stereocenters. The van der Waals surface area contributed by atoms with E-state index in [2.05, 4.69) is 14.9 Å². The summed E-state index contributed by atoms with van der Waals surface area (Å²) >= 11 is 0. The van der Waals surface area contributed by atoms with Crippen LogP contribution in [-0.4, -0.2) is 61.4 Å². The molecular weight excluding hydrogens is 400 g/mol. The van der Waals surface area contributed by atoms with E-state index in [-0.39, 0.29) is 9.79 Å². The molecule has 1 aliphatic rings. The molecule has 1 aliphatic heterocycles. The number of hydrogen-bond acceptors (Lipinski definition) is 5. The van der Waals surface area contributed by atoms with Gasteiger partial charge < -0.3 is 10.2 Å². The molecule has 8 nitrogen and oxygen atoms in total. The fraction of sp³-hybridized carbons (Fsp3) is 0.333. The number of hydrogen-bond donors (Lipinski definition) is 2. The molecule has 1 heterocycles. The van der Waals surface area contributed by atoms with E-state index in [4.69, 9.17) is 0 Å². The molecule has 0 aliphatic carbocycles. The second-order valence-corrected chi connectivity index (χ2v) is 10.6. The summed E-state index contributed by atoms with van der Waals surface area (Å²) in [5.41, 5.74) is 1.35. The molecule has 1 saturated heterocycles. The summed E-state index contributed by atoms with van der Waals surface area (Å²) in [6, 6.07) is 12.5. The molecule has 0 amide bonds. The van der Waals surface area contributed by atoms with E-state index in [1.807, 2.05) is 12.1 Å². The Morgan fingerprint density at radius 1 is 0.893 bits per heavy atom. The summed E-state index contributed by atoms with van der Waals surface area (Å²) in [6.07, 6.45) is 0. The van der Waals surface area contributed by atoms with Gasteiger partial charge in [0.15, 0.2) is 0 Å². The van der Waals surface area contributed by atoms with Gasteiger partial charge in [-0.2, -0.15) is 0 Å². The van der Waals surface area contributed by atoms with E-state index in [0.717, 1.165) is 36.2 Å². The molecule has 3 N–H and O–H groups in total. The van der Waals surface area contributed by atoms with Crippen LogP contribution in [-0.2, 0) is 20.0 Å². The number of para-hydroxylation sites is 2. The summed E-state index contributed by atoms with van der Waals surface area (Å²) in [6.45, 7) is 3.61. The van der Waals surface area contributed by atoms with Crippen LogP contribution in [0.25, 0.3) is 0 Å². The van der Waals surface area contributed by atoms with Gasteiger partial charge in [-0.15, -0.1) is 0 Å². The van der Waals surface area contributed by atoms with Crippen LogP contribution in [0.1, 0.15) is 0 Å². The largest absolute Gasteiger partial charge is 0.359 e. The lowest BCUT2D eigenvalue weighted by Crippen LogP contribution is -2.89. The molecule has 0 saturated carbocycles. The maximum Gasteiger partial charge on any atom is 0.261 e. The zero-order valence-electron chi connectivity index (χ0n) is 15.9. The normalized spacial score (nSPS) is 15.6. The third-order valence-corrected chi connectivity index (χ3v) is 7.82. The Morgan fingerprint density at radius 2 is 1.46 bits per heavy atom. The molecule has 0 radical (unpaired) electrons. The van der Waals surface area contributed by atoms with E-state index >= 15 is 0 Å². The van der Waals surface area contributed by atoms with Gasteiger partial charge in [-0.25, -0.2) is 21.1 Å². The molecule has 0 atom stereocenters. The SMILES string of the molecule is CN(C)S(=O)(=O)c1ccc(S(=O)(=O)Nc2ccccc2N2CC[NH2+]CC2)cc1. The Balaban J connectivity index is 1.87. The predicted molar refractivity (Wildman–Crippen MR) is 108 cm³/mol. The average Bonchev–Trinajstić information content (AvgIpc) is 2.69. The van der Waals surface area contributed by atoms with E-state index < -0.39 is 20.0 Å². The maximum atomic E-state index is 12.8. The zero-order valence-corrected chi connectivity index (χ0v) is 17.5. The first-order chi connectivity index (χ1) is 13.2. The summed E-state index contributed by atoms with van der Waals surface area (Å²) in [7, 11) is -4.61. The third kappa shape index (κ3) is 4.30. The Bertz CT molecular complexity index is 1030. The van der Waals surface area contributed by atoms with Gasteiger partial charge in [0, 0.05) is 14.1 Å². The van der Waals surface area contributed by atoms with Gasteiger partial charge in [-0.3, -0.25) is 4.72 Å². The molecule has 0 bridgehead atoms. The number of sulfonamides is 2. The van der Waals surface area contributed by atoms with Crippen molar-refractivity contribution in [2.75, 3.05) is 49.9 Å². The van der Waals surface area contributed by atoms with E-state index in [1.165, 1.54) is 38.4 Å². The first-order valence-electron chi connectivity index (χ1n) is 8.93. The van der Waals surface area contributed by atoms with Gasteiger partial charge in [0.2, 0.25) is 10.0 Å². The number of rotatable bonds is 6. The molecule has 28 heavy (non-hydrogen) atoms. The molecule has 0 aromatic heterocycles. The van der Waals surface area contributed by atoms with Crippen molar-refractivity contribution in [3.63, 3.8) is 0 Å². The van der Waals surface area contributed by atoms with E-state index in [9.17, 15) is 16.8 Å². The fourth-order valence-electron chi connectivity index (χ4n) is 3.03. The highest BCUT2D eigenvalue weighted by atomic mass is 32.2. The Hall–Kier alpha value is -2.14. The molecule has 3 rings (SSSR count). The van der Waals surface area contributed by atoms with Gasteiger partial charge in [0.1, 0.15) is 0 Å². The van der Waals surface area contributed by atoms with Crippen LogP contribution in [0, 0.1) is 0 Å². The minimum atomic E-state index is -3.85. The summed E-state index contributed by atoms with van der Waals surface area (Å²) < 4.78 is 53.7. The number of anilines is 2. The summed E-state index contributed by atoms with van der Waals surface area (Å²) in [5, 5.41) is 2.23. The van der Waals surface area contributed by atoms with Crippen molar-refractivity contribution in [3.05, 3.63) is 48.5 Å². The number of nitrogens with one attached hydrogen (secondary N) is 1. The maximum absolute atomic E-state index is 12.8. The van der Waals surface area contributed by atoms with E-state index in [1.54, 1.807) is 12.1 Å². The standard InChI is InChI=1S/C18H24N4O4S2/c1-21(2)28(25,26)16-9-7-15(8-10-16)27(23,24)20-17-5-3-4-6-18(17)22-13-11-19-12-14-22/h3-10,19-20H,11-14H2,1-2H3/p+1. The van der Waals surface area contributed by atoms with Gasteiger partial charge >= 0.3 is 0 Å². The van der Waals surface area contributed by atoms with Crippen LogP contribution in [0.2, 0.25) is 0 Å². The second-order valence-electron chi connectivity index (χ2n) is 6.73. The van der Waals surface area contributed by atoms with Crippen LogP contribution >= 0.6 is 0 Å². The highest BCUT2D eigenvalue weighted by molar-refractivity contribution is 7.92. The van der Waals surface area contributed by atoms with Crippen molar-refractivity contribution in [1.29, 1.82) is 0 Å². The minimum Gasteiger partial charge on any atom is -0.359 e. The topological polar surface area (TPSA) is 103 Å². The molecule has 10 heteroatoms. The molecule has 152 valence electrons. The third-order valence-electron chi connectivity index (χ3n) is 4.61. The van der Waals surface area contributed by atoms with Gasteiger partial charge in [0.05, 0.1) is 47.3 Å². The van der Waals surface area contributed by atoms with Gasteiger partial charge in [-0.05, 0) is 36.4 Å². The minimum absolute atomic E-state index is 0.00647. The van der Waals surface area contributed by atoms with Crippen molar-refractivity contribution in [3.8, 4) is 0 Å². The van der Waals surface area contributed by atoms with E-state index in [0.29, 0.717) is 5.69 Å². The predicted octanol–water partition coefficient (Wildman–Crippen LogP) is 0.121. The highest BCUT2D eigenvalue weighted by Crippen LogP contribution is 2.28. The Kier molecular flexibility index (Phi) is 5.94. The van der Waals surface area contributed by atoms with Crippen molar-refractivity contribution in [1.82, 2.24) is 4.31 Å². The van der Waals surface area contributed by atoms with Crippen molar-refractivity contribution >= 4 is 31.4 Å². The first-order valence-corrected chi connectivity index (χ1v) is 11.9. The molecule has 2 aromatic rings. The lowest BCUT2D eigenvalue weighted by atomic mass is 10.2. The molecular formula is C18H25N4O4S2+. The van der Waals surface area contributed by atoms with Crippen LogP contribution in [0.3, 0.4) is 0 Å². The van der Waals surface area contributed by atoms with Crippen LogP contribution in [0.5, 0.6) is 0 Å². The second kappa shape index (κ2) is 8.08.